The summed E-state index contributed by atoms with van der Waals surface area (Å²) in [7, 11) is 0. The molecule has 21 atom stereocenters. The molecule has 55 heavy (non-hydrogen) atoms. The summed E-state index contributed by atoms with van der Waals surface area (Å²) >= 11 is 0. The number of rotatable bonds is 7. The highest BCUT2D eigenvalue weighted by Gasteiger charge is 2.71. The lowest BCUT2D eigenvalue weighted by atomic mass is 9.42. The Hall–Kier alpha value is -1.27. The standard InChI is InChI=1S/C41H64O14/c1-19-36(47)28(42)15-34(50-19)54-38-21(3)52-35(17-30(38)44)55-37-20(2)51-33(16-29(37)43)53-24-8-10-39(4)23(13-24)6-7-26-27(39)14-31(45)40(5)25(9-11-41(26,40)48)22-12-32(46)49-18-22/h12,19-21,23-31,33-38,42-45,47-48H,6-11,13-18H2,1-5H3/t19-,20-,21-,23-,24-,25+,26-,27+,28+,29+,30+,31+,33+,34+,35-,36-,37+,38-,39-,40+,41-/m1/s1. The second-order valence-corrected chi connectivity index (χ2v) is 18.8. The van der Waals surface area contributed by atoms with Gasteiger partial charge in [0.15, 0.2) is 18.9 Å². The second-order valence-electron chi connectivity index (χ2n) is 18.8. The molecule has 0 aromatic heterocycles. The fourth-order valence-corrected chi connectivity index (χ4v) is 12.8. The van der Waals surface area contributed by atoms with E-state index in [1.165, 1.54) is 0 Å². The van der Waals surface area contributed by atoms with E-state index >= 15 is 0 Å². The summed E-state index contributed by atoms with van der Waals surface area (Å²) in [6, 6.07) is 0. The lowest BCUT2D eigenvalue weighted by molar-refractivity contribution is -0.336. The van der Waals surface area contributed by atoms with Gasteiger partial charge in [-0.1, -0.05) is 13.8 Å². The van der Waals surface area contributed by atoms with Gasteiger partial charge in [-0.3, -0.25) is 0 Å². The maximum atomic E-state index is 12.6. The van der Waals surface area contributed by atoms with E-state index in [4.69, 9.17) is 33.2 Å². The van der Waals surface area contributed by atoms with Gasteiger partial charge in [0.05, 0.1) is 54.4 Å². The monoisotopic (exact) mass is 780 g/mol. The molecule has 312 valence electrons. The van der Waals surface area contributed by atoms with Gasteiger partial charge in [0.2, 0.25) is 0 Å². The highest BCUT2D eigenvalue weighted by atomic mass is 16.7. The Morgan fingerprint density at radius 2 is 1.29 bits per heavy atom. The molecule has 4 aliphatic heterocycles. The molecule has 4 aliphatic carbocycles. The first kappa shape index (κ1) is 40.5. The third-order valence-electron chi connectivity index (χ3n) is 16.0. The molecule has 8 aliphatic rings. The van der Waals surface area contributed by atoms with Crippen LogP contribution in [0.4, 0.5) is 0 Å². The van der Waals surface area contributed by atoms with Crippen molar-refractivity contribution in [1.29, 1.82) is 0 Å². The van der Waals surface area contributed by atoms with Crippen LogP contribution in [0.3, 0.4) is 0 Å². The number of esters is 1. The predicted molar refractivity (Wildman–Crippen MR) is 193 cm³/mol. The maximum Gasteiger partial charge on any atom is 0.331 e. The van der Waals surface area contributed by atoms with Gasteiger partial charge in [-0.15, -0.1) is 0 Å². The molecule has 0 spiro atoms. The first-order valence-electron chi connectivity index (χ1n) is 20.9. The summed E-state index contributed by atoms with van der Waals surface area (Å²) in [6.45, 7) is 9.90. The molecule has 14 heteroatoms. The zero-order chi connectivity index (χ0) is 39.2. The first-order chi connectivity index (χ1) is 26.0. The van der Waals surface area contributed by atoms with Crippen molar-refractivity contribution in [3.8, 4) is 0 Å². The summed E-state index contributed by atoms with van der Waals surface area (Å²) in [5, 5.41) is 66.9. The normalized spacial score (nSPS) is 55.5. The Morgan fingerprint density at radius 1 is 0.691 bits per heavy atom. The number of ether oxygens (including phenoxy) is 7. The average Bonchev–Trinajstić information content (AvgIpc) is 3.67. The maximum absolute atomic E-state index is 12.6. The molecule has 14 nitrogen and oxygen atoms in total. The van der Waals surface area contributed by atoms with Crippen LogP contribution in [0.5, 0.6) is 0 Å². The van der Waals surface area contributed by atoms with E-state index in [1.54, 1.807) is 19.9 Å². The van der Waals surface area contributed by atoms with E-state index < -0.39 is 90.9 Å². The third kappa shape index (κ3) is 6.95. The largest absolute Gasteiger partial charge is 0.458 e. The Labute approximate surface area is 323 Å². The summed E-state index contributed by atoms with van der Waals surface area (Å²) in [5.74, 6) is 0.204. The van der Waals surface area contributed by atoms with Crippen molar-refractivity contribution >= 4 is 5.97 Å². The van der Waals surface area contributed by atoms with Crippen molar-refractivity contribution in [2.75, 3.05) is 6.61 Å². The number of fused-ring (bicyclic) bond motifs is 5. The topological polar surface area (TPSA) is 203 Å². The molecule has 4 saturated carbocycles. The molecule has 0 aromatic carbocycles. The molecule has 3 saturated heterocycles. The van der Waals surface area contributed by atoms with Gasteiger partial charge >= 0.3 is 5.97 Å². The molecule has 0 aromatic rings. The van der Waals surface area contributed by atoms with Crippen molar-refractivity contribution in [3.05, 3.63) is 11.6 Å². The van der Waals surface area contributed by atoms with Crippen LogP contribution in [-0.4, -0.2) is 135 Å². The third-order valence-corrected chi connectivity index (χ3v) is 16.0. The Kier molecular flexibility index (Phi) is 11.1. The van der Waals surface area contributed by atoms with Gasteiger partial charge in [-0.25, -0.2) is 4.79 Å². The minimum Gasteiger partial charge on any atom is -0.458 e. The quantitative estimate of drug-likeness (QED) is 0.162. The minimum atomic E-state index is -1.01. The van der Waals surface area contributed by atoms with E-state index in [-0.39, 0.29) is 61.1 Å². The number of hydrogen-bond donors (Lipinski definition) is 6. The molecule has 7 fully saturated rings. The van der Waals surface area contributed by atoms with Crippen LogP contribution < -0.4 is 0 Å². The number of aliphatic hydroxyl groups is 6. The van der Waals surface area contributed by atoms with Gasteiger partial charge in [0.1, 0.15) is 24.9 Å². The molecule has 0 bridgehead atoms. The number of aliphatic hydroxyl groups excluding tert-OH is 5. The van der Waals surface area contributed by atoms with Crippen molar-refractivity contribution in [1.82, 2.24) is 0 Å². The van der Waals surface area contributed by atoms with E-state index in [0.29, 0.717) is 18.8 Å². The zero-order valence-electron chi connectivity index (χ0n) is 32.9. The highest BCUT2D eigenvalue weighted by molar-refractivity contribution is 5.85. The molecule has 0 unspecified atom stereocenters. The minimum absolute atomic E-state index is 0.0452. The molecule has 4 heterocycles. The summed E-state index contributed by atoms with van der Waals surface area (Å²) in [4.78, 5) is 11.9. The predicted octanol–water partition coefficient (Wildman–Crippen LogP) is 2.22. The van der Waals surface area contributed by atoms with E-state index in [0.717, 1.165) is 44.1 Å². The summed E-state index contributed by atoms with van der Waals surface area (Å²) < 4.78 is 42.1. The Bertz CT molecular complexity index is 1410. The Morgan fingerprint density at radius 3 is 1.87 bits per heavy atom. The fraction of sp³-hybridized carbons (Fsp3) is 0.927. The lowest BCUT2D eigenvalue weighted by Crippen LogP contribution is -2.67. The van der Waals surface area contributed by atoms with E-state index in [1.807, 2.05) is 13.8 Å². The number of carbonyl (C=O) groups is 1. The van der Waals surface area contributed by atoms with E-state index in [9.17, 15) is 35.4 Å². The Balaban J connectivity index is 0.837. The van der Waals surface area contributed by atoms with Crippen LogP contribution >= 0.6 is 0 Å². The highest BCUT2D eigenvalue weighted by Crippen LogP contribution is 2.70. The number of cyclic esters (lactones) is 1. The average molecular weight is 781 g/mol. The van der Waals surface area contributed by atoms with E-state index in [2.05, 4.69) is 6.92 Å². The molecule has 0 amide bonds. The van der Waals surface area contributed by atoms with Gasteiger partial charge < -0.3 is 63.8 Å². The van der Waals surface area contributed by atoms with Gasteiger partial charge in [0, 0.05) is 30.8 Å². The molecular weight excluding hydrogens is 716 g/mol. The molecular formula is C41H64O14. The van der Waals surface area contributed by atoms with Crippen LogP contribution in [0.1, 0.15) is 105 Å². The lowest BCUT2D eigenvalue weighted by Gasteiger charge is -2.65. The van der Waals surface area contributed by atoms with Gasteiger partial charge in [-0.2, -0.15) is 0 Å². The second kappa shape index (κ2) is 15.1. The fourth-order valence-electron chi connectivity index (χ4n) is 12.8. The van der Waals surface area contributed by atoms with Crippen molar-refractivity contribution < 1.29 is 68.6 Å². The van der Waals surface area contributed by atoms with Crippen LogP contribution in [0.15, 0.2) is 11.6 Å². The molecule has 6 N–H and O–H groups in total. The van der Waals surface area contributed by atoms with Gasteiger partial charge in [0.25, 0.3) is 0 Å². The van der Waals surface area contributed by atoms with Crippen LogP contribution in [-0.2, 0) is 38.0 Å². The zero-order valence-corrected chi connectivity index (χ0v) is 32.9. The van der Waals surface area contributed by atoms with Crippen LogP contribution in [0.2, 0.25) is 0 Å². The smallest absolute Gasteiger partial charge is 0.331 e. The van der Waals surface area contributed by atoms with Crippen molar-refractivity contribution in [3.63, 3.8) is 0 Å². The number of hydrogen-bond acceptors (Lipinski definition) is 14. The van der Waals surface area contributed by atoms with Crippen LogP contribution in [0.25, 0.3) is 0 Å². The SMILES string of the molecule is C[C@H]1O[C@@H](O[C@H]2[C@@H](O)C[C@@H](O[C@@H]3[C@@H](O)C[C@H](O[C@@H]4CC[C@]5(C)[C@H](CC[C@@H]6[C@@H]5C[C@H](O)[C@]5(C)[C@H](C7=CC(=O)OC7)CC[C@@]65O)C4)O[C@@H]3C)O[C@@H]2C)C[C@H](O)[C@@H]1O. The van der Waals surface area contributed by atoms with Crippen LogP contribution in [0, 0.1) is 34.5 Å². The summed E-state index contributed by atoms with van der Waals surface area (Å²) in [5.41, 5.74) is -0.892. The molecule has 8 rings (SSSR count). The van der Waals surface area contributed by atoms with Gasteiger partial charge in [-0.05, 0) is 107 Å². The molecule has 0 radical (unpaired) electrons. The van der Waals surface area contributed by atoms with Crippen molar-refractivity contribution in [2.45, 2.75) is 197 Å². The first-order valence-corrected chi connectivity index (χ1v) is 20.9. The number of carbonyl (C=O) groups excluding carboxylic acids is 1. The van der Waals surface area contributed by atoms with Crippen molar-refractivity contribution in [2.24, 2.45) is 34.5 Å². The summed E-state index contributed by atoms with van der Waals surface area (Å²) in [6.07, 6.45) is -1.51.